The van der Waals surface area contributed by atoms with E-state index in [1.807, 2.05) is 4.90 Å². The average Bonchev–Trinajstić information content (AvgIpc) is 3.22. The van der Waals surface area contributed by atoms with E-state index in [4.69, 9.17) is 16.3 Å². The summed E-state index contributed by atoms with van der Waals surface area (Å²) in [5.74, 6) is 0.387. The third-order valence-corrected chi connectivity index (χ3v) is 6.52. The maximum absolute atomic E-state index is 13.1. The number of aromatic nitrogens is 2. The Bertz CT molecular complexity index is 921. The summed E-state index contributed by atoms with van der Waals surface area (Å²) >= 11 is 7.42. The van der Waals surface area contributed by atoms with E-state index in [-0.39, 0.29) is 23.3 Å². The van der Waals surface area contributed by atoms with Crippen LogP contribution < -0.4 is 5.56 Å². The van der Waals surface area contributed by atoms with Crippen LogP contribution in [-0.2, 0) is 16.1 Å². The predicted octanol–water partition coefficient (Wildman–Crippen LogP) is 3.33. The third-order valence-electron chi connectivity index (χ3n) is 5.33. The van der Waals surface area contributed by atoms with E-state index >= 15 is 0 Å². The van der Waals surface area contributed by atoms with Crippen molar-refractivity contribution in [3.05, 3.63) is 33.6 Å². The Kier molecular flexibility index (Phi) is 6.23. The topological polar surface area (TPSA) is 64.4 Å². The van der Waals surface area contributed by atoms with Crippen LogP contribution in [0, 0.1) is 0 Å². The Hall–Kier alpha value is -1.57. The summed E-state index contributed by atoms with van der Waals surface area (Å²) in [7, 11) is 0. The molecule has 2 aliphatic heterocycles. The fraction of sp³-hybridized carbons (Fsp3) is 0.550. The van der Waals surface area contributed by atoms with E-state index in [0.29, 0.717) is 27.6 Å². The van der Waals surface area contributed by atoms with Crippen molar-refractivity contribution in [3.8, 4) is 0 Å². The van der Waals surface area contributed by atoms with E-state index in [9.17, 15) is 9.59 Å². The van der Waals surface area contributed by atoms with E-state index < -0.39 is 0 Å². The molecular formula is C20H24ClN3O3S. The quantitative estimate of drug-likeness (QED) is 0.547. The lowest BCUT2D eigenvalue weighted by molar-refractivity contribution is -0.129. The maximum atomic E-state index is 13.1. The van der Waals surface area contributed by atoms with Gasteiger partial charge in [-0.3, -0.25) is 14.2 Å². The highest BCUT2D eigenvalue weighted by Gasteiger charge is 2.22. The molecule has 0 aliphatic carbocycles. The Morgan fingerprint density at radius 3 is 2.82 bits per heavy atom. The van der Waals surface area contributed by atoms with Gasteiger partial charge in [-0.05, 0) is 50.3 Å². The number of benzene rings is 1. The highest BCUT2D eigenvalue weighted by atomic mass is 35.5. The number of nitrogens with zero attached hydrogens (tertiary/aromatic N) is 3. The van der Waals surface area contributed by atoms with E-state index in [2.05, 4.69) is 4.98 Å². The summed E-state index contributed by atoms with van der Waals surface area (Å²) in [5, 5.41) is 1.63. The molecule has 2 fully saturated rings. The number of halogens is 1. The van der Waals surface area contributed by atoms with Crippen LogP contribution in [0.1, 0.15) is 32.1 Å². The zero-order valence-electron chi connectivity index (χ0n) is 15.7. The largest absolute Gasteiger partial charge is 0.376 e. The Balaban J connectivity index is 1.61. The van der Waals surface area contributed by atoms with Crippen molar-refractivity contribution < 1.29 is 9.53 Å². The maximum Gasteiger partial charge on any atom is 0.262 e. The van der Waals surface area contributed by atoms with Crippen LogP contribution in [0.5, 0.6) is 0 Å². The number of ether oxygens (including phenoxy) is 1. The van der Waals surface area contributed by atoms with Gasteiger partial charge in [0.2, 0.25) is 5.91 Å². The number of thioether (sulfide) groups is 1. The van der Waals surface area contributed by atoms with Gasteiger partial charge in [-0.15, -0.1) is 0 Å². The first-order valence-electron chi connectivity index (χ1n) is 9.84. The number of piperidine rings is 1. The smallest absolute Gasteiger partial charge is 0.262 e. The van der Waals surface area contributed by atoms with Gasteiger partial charge in [-0.2, -0.15) is 0 Å². The molecule has 1 amide bonds. The predicted molar refractivity (Wildman–Crippen MR) is 111 cm³/mol. The standard InChI is InChI=1S/C20H24ClN3O3S/c21-14-6-7-16-17(11-14)22-20(24(19(16)26)12-15-5-4-10-27-15)28-13-18(25)23-8-2-1-3-9-23/h6-7,11,15H,1-5,8-10,12-13H2/t15-/m1/s1. The normalized spacial score (nSPS) is 20.0. The van der Waals surface area contributed by atoms with E-state index in [1.54, 1.807) is 22.8 Å². The zero-order valence-corrected chi connectivity index (χ0v) is 17.3. The summed E-state index contributed by atoms with van der Waals surface area (Å²) in [6.07, 6.45) is 5.26. The monoisotopic (exact) mass is 421 g/mol. The molecule has 28 heavy (non-hydrogen) atoms. The van der Waals surface area contributed by atoms with Gasteiger partial charge in [0.05, 0.1) is 29.3 Å². The highest BCUT2D eigenvalue weighted by Crippen LogP contribution is 2.23. The van der Waals surface area contributed by atoms with Gasteiger partial charge in [0.15, 0.2) is 5.16 Å². The molecule has 0 saturated carbocycles. The third kappa shape index (κ3) is 4.36. The molecule has 1 aromatic carbocycles. The number of likely N-dealkylation sites (tertiary alicyclic amines) is 1. The molecule has 0 radical (unpaired) electrons. The van der Waals surface area contributed by atoms with Crippen molar-refractivity contribution in [1.82, 2.24) is 14.5 Å². The fourth-order valence-corrected chi connectivity index (χ4v) is 4.88. The molecule has 2 aromatic rings. The van der Waals surface area contributed by atoms with E-state index in [0.717, 1.165) is 45.4 Å². The van der Waals surface area contributed by atoms with Crippen molar-refractivity contribution in [3.63, 3.8) is 0 Å². The second-order valence-corrected chi connectivity index (χ2v) is 8.72. The molecule has 0 unspecified atom stereocenters. The summed E-state index contributed by atoms with van der Waals surface area (Å²) in [6, 6.07) is 5.12. The summed E-state index contributed by atoms with van der Waals surface area (Å²) < 4.78 is 7.39. The number of hydrogen-bond donors (Lipinski definition) is 0. The molecule has 0 N–H and O–H groups in total. The number of fused-ring (bicyclic) bond motifs is 1. The molecule has 0 spiro atoms. The van der Waals surface area contributed by atoms with Gasteiger partial charge in [0.1, 0.15) is 0 Å². The van der Waals surface area contributed by atoms with Gasteiger partial charge >= 0.3 is 0 Å². The second kappa shape index (κ2) is 8.84. The van der Waals surface area contributed by atoms with Gasteiger partial charge in [-0.1, -0.05) is 23.4 Å². The van der Waals surface area contributed by atoms with Gasteiger partial charge < -0.3 is 9.64 Å². The van der Waals surface area contributed by atoms with Crippen LogP contribution >= 0.6 is 23.4 Å². The molecule has 6 nitrogen and oxygen atoms in total. The molecule has 0 bridgehead atoms. The minimum absolute atomic E-state index is 0.0152. The molecule has 8 heteroatoms. The lowest BCUT2D eigenvalue weighted by Crippen LogP contribution is -2.37. The highest BCUT2D eigenvalue weighted by molar-refractivity contribution is 7.99. The molecule has 2 saturated heterocycles. The molecule has 1 aromatic heterocycles. The summed E-state index contributed by atoms with van der Waals surface area (Å²) in [6.45, 7) is 2.84. The van der Waals surface area contributed by atoms with E-state index in [1.165, 1.54) is 18.2 Å². The van der Waals surface area contributed by atoms with Crippen LogP contribution in [-0.4, -0.2) is 51.9 Å². The molecule has 150 valence electrons. The second-order valence-electron chi connectivity index (χ2n) is 7.34. The number of hydrogen-bond acceptors (Lipinski definition) is 5. The van der Waals surface area contributed by atoms with Crippen molar-refractivity contribution >= 4 is 40.2 Å². The first kappa shape index (κ1) is 19.7. The summed E-state index contributed by atoms with van der Waals surface area (Å²) in [5.41, 5.74) is 0.457. The zero-order chi connectivity index (χ0) is 19.5. The minimum Gasteiger partial charge on any atom is -0.376 e. The molecular weight excluding hydrogens is 398 g/mol. The van der Waals surface area contributed by atoms with Crippen LogP contribution in [0.15, 0.2) is 28.2 Å². The lowest BCUT2D eigenvalue weighted by Gasteiger charge is -2.26. The first-order valence-corrected chi connectivity index (χ1v) is 11.2. The Morgan fingerprint density at radius 1 is 1.25 bits per heavy atom. The molecule has 2 aliphatic rings. The number of rotatable bonds is 5. The van der Waals surface area contributed by atoms with Crippen molar-refractivity contribution in [2.75, 3.05) is 25.4 Å². The van der Waals surface area contributed by atoms with Crippen LogP contribution in [0.25, 0.3) is 10.9 Å². The van der Waals surface area contributed by atoms with Crippen LogP contribution in [0.2, 0.25) is 5.02 Å². The van der Waals surface area contributed by atoms with Crippen molar-refractivity contribution in [2.45, 2.75) is 49.9 Å². The number of carbonyl (C=O) groups excluding carboxylic acids is 1. The minimum atomic E-state index is -0.106. The fourth-order valence-electron chi connectivity index (χ4n) is 3.80. The Morgan fingerprint density at radius 2 is 2.07 bits per heavy atom. The van der Waals surface area contributed by atoms with Gasteiger partial charge in [0, 0.05) is 24.7 Å². The van der Waals surface area contributed by atoms with Crippen molar-refractivity contribution in [2.24, 2.45) is 0 Å². The molecule has 1 atom stereocenters. The molecule has 3 heterocycles. The Labute approximate surface area is 173 Å². The number of amides is 1. The van der Waals surface area contributed by atoms with Gasteiger partial charge in [0.25, 0.3) is 5.56 Å². The van der Waals surface area contributed by atoms with Gasteiger partial charge in [-0.25, -0.2) is 4.98 Å². The average molecular weight is 422 g/mol. The van der Waals surface area contributed by atoms with Crippen LogP contribution in [0.4, 0.5) is 0 Å². The SMILES string of the molecule is O=C(CSc1nc2cc(Cl)ccc2c(=O)n1C[C@H]1CCCO1)N1CCCCC1. The summed E-state index contributed by atoms with van der Waals surface area (Å²) in [4.78, 5) is 32.3. The van der Waals surface area contributed by atoms with Crippen LogP contribution in [0.3, 0.4) is 0 Å². The van der Waals surface area contributed by atoms with Crippen molar-refractivity contribution in [1.29, 1.82) is 0 Å². The molecule has 4 rings (SSSR count). The number of carbonyl (C=O) groups is 1. The first-order chi connectivity index (χ1) is 13.6. The lowest BCUT2D eigenvalue weighted by atomic mass is 10.1.